The van der Waals surface area contributed by atoms with Crippen molar-refractivity contribution in [3.05, 3.63) is 0 Å². The van der Waals surface area contributed by atoms with Crippen molar-refractivity contribution in [2.75, 3.05) is 33.4 Å². The molecule has 2 N–H and O–H groups in total. The van der Waals surface area contributed by atoms with Crippen molar-refractivity contribution in [2.45, 2.75) is 71.8 Å². The molecule has 0 spiro atoms. The normalized spacial score (nSPS) is 13.3. The van der Waals surface area contributed by atoms with Gasteiger partial charge in [0.05, 0.1) is 6.61 Å². The summed E-state index contributed by atoms with van der Waals surface area (Å²) in [5, 5.41) is 0. The van der Waals surface area contributed by atoms with Crippen LogP contribution in [0.2, 0.25) is 0 Å². The molecule has 0 aromatic heterocycles. The van der Waals surface area contributed by atoms with Crippen LogP contribution >= 0.6 is 0 Å². The Labute approximate surface area is 127 Å². The smallest absolute Gasteiger partial charge is 0.0589 e. The van der Waals surface area contributed by atoms with Crippen LogP contribution in [0, 0.1) is 5.92 Å². The maximum Gasteiger partial charge on any atom is 0.0589 e. The number of hydrogen-bond acceptors (Lipinski definition) is 3. The molecule has 0 bridgehead atoms. The summed E-state index contributed by atoms with van der Waals surface area (Å²) in [7, 11) is 1.80. The Kier molecular flexibility index (Phi) is 13.8. The van der Waals surface area contributed by atoms with Crippen molar-refractivity contribution in [2.24, 2.45) is 11.7 Å². The third-order valence-electron chi connectivity index (χ3n) is 4.37. The van der Waals surface area contributed by atoms with E-state index in [4.69, 9.17) is 10.5 Å². The minimum Gasteiger partial charge on any atom is -0.383 e. The number of methoxy groups -OCH3 is 1. The van der Waals surface area contributed by atoms with Crippen LogP contribution < -0.4 is 5.73 Å². The first-order chi connectivity index (χ1) is 9.73. The molecule has 122 valence electrons. The van der Waals surface area contributed by atoms with Gasteiger partial charge in [-0.05, 0) is 51.1 Å². The lowest BCUT2D eigenvalue weighted by molar-refractivity contribution is 0.112. The van der Waals surface area contributed by atoms with Crippen molar-refractivity contribution in [1.29, 1.82) is 0 Å². The molecule has 0 saturated heterocycles. The maximum atomic E-state index is 5.72. The Morgan fingerprint density at radius 1 is 1.00 bits per heavy atom. The minimum absolute atomic E-state index is 0.712. The summed E-state index contributed by atoms with van der Waals surface area (Å²) in [6.45, 7) is 10.8. The van der Waals surface area contributed by atoms with Gasteiger partial charge >= 0.3 is 0 Å². The number of nitrogens with two attached hydrogens (primary N) is 1. The molecule has 1 unspecified atom stereocenters. The Morgan fingerprint density at radius 3 is 2.20 bits per heavy atom. The zero-order valence-electron chi connectivity index (χ0n) is 14.4. The number of ether oxygens (including phenoxy) is 1. The van der Waals surface area contributed by atoms with Gasteiger partial charge in [0.15, 0.2) is 0 Å². The molecule has 0 aromatic rings. The van der Waals surface area contributed by atoms with E-state index < -0.39 is 0 Å². The fourth-order valence-corrected chi connectivity index (χ4v) is 3.15. The first-order valence-electron chi connectivity index (χ1n) is 8.66. The molecule has 0 amide bonds. The molecule has 0 aliphatic carbocycles. The van der Waals surface area contributed by atoms with Crippen molar-refractivity contribution in [3.63, 3.8) is 0 Å². The van der Waals surface area contributed by atoms with E-state index in [2.05, 4.69) is 25.7 Å². The van der Waals surface area contributed by atoms with Crippen molar-refractivity contribution in [1.82, 2.24) is 4.90 Å². The molecular formula is C17H38N2O. The first-order valence-corrected chi connectivity index (χ1v) is 8.66. The third kappa shape index (κ3) is 8.93. The van der Waals surface area contributed by atoms with Crippen molar-refractivity contribution >= 4 is 0 Å². The summed E-state index contributed by atoms with van der Waals surface area (Å²) in [5.41, 5.74) is 5.72. The minimum atomic E-state index is 0.712. The lowest BCUT2D eigenvalue weighted by Crippen LogP contribution is -2.37. The van der Waals surface area contributed by atoms with Gasteiger partial charge in [-0.2, -0.15) is 0 Å². The van der Waals surface area contributed by atoms with E-state index in [0.717, 1.165) is 25.6 Å². The highest BCUT2D eigenvalue weighted by molar-refractivity contribution is 4.70. The summed E-state index contributed by atoms with van der Waals surface area (Å²) in [6, 6.07) is 0.712. The topological polar surface area (TPSA) is 38.5 Å². The zero-order valence-corrected chi connectivity index (χ0v) is 14.4. The van der Waals surface area contributed by atoms with Crippen LogP contribution in [0.3, 0.4) is 0 Å². The second-order valence-electron chi connectivity index (χ2n) is 5.87. The Bertz CT molecular complexity index is 189. The summed E-state index contributed by atoms with van der Waals surface area (Å²) in [5.74, 6) is 0.830. The van der Waals surface area contributed by atoms with Crippen molar-refractivity contribution in [3.8, 4) is 0 Å². The largest absolute Gasteiger partial charge is 0.383 e. The molecule has 0 heterocycles. The third-order valence-corrected chi connectivity index (χ3v) is 4.37. The summed E-state index contributed by atoms with van der Waals surface area (Å²) in [6.07, 6.45) is 8.91. The first kappa shape index (κ1) is 19.9. The number of rotatable bonds is 14. The molecule has 0 fully saturated rings. The highest BCUT2D eigenvalue weighted by Crippen LogP contribution is 2.18. The molecule has 0 rings (SSSR count). The Hall–Kier alpha value is -0.120. The average molecular weight is 287 g/mol. The monoisotopic (exact) mass is 286 g/mol. The van der Waals surface area contributed by atoms with Crippen LogP contribution in [0.4, 0.5) is 0 Å². The molecule has 0 aliphatic heterocycles. The highest BCUT2D eigenvalue weighted by Gasteiger charge is 2.15. The number of hydrogen-bond donors (Lipinski definition) is 1. The molecule has 3 nitrogen and oxygen atoms in total. The van der Waals surface area contributed by atoms with Crippen LogP contribution in [0.1, 0.15) is 65.7 Å². The molecule has 0 saturated carbocycles. The zero-order chi connectivity index (χ0) is 15.2. The standard InChI is InChI=1S/C17H38N2O/c1-5-9-16(11-12-18)10-8-13-19(14-15-20-4)17(6-2)7-3/h16-17H,5-15,18H2,1-4H3. The molecule has 1 atom stereocenters. The molecule has 0 radical (unpaired) electrons. The summed E-state index contributed by atoms with van der Waals surface area (Å²) < 4.78 is 5.26. The van der Waals surface area contributed by atoms with Crippen LogP contribution in [-0.4, -0.2) is 44.3 Å². The van der Waals surface area contributed by atoms with E-state index >= 15 is 0 Å². The predicted molar refractivity (Wildman–Crippen MR) is 89.1 cm³/mol. The molecule has 3 heteroatoms. The van der Waals surface area contributed by atoms with Gasteiger partial charge in [0.2, 0.25) is 0 Å². The second-order valence-corrected chi connectivity index (χ2v) is 5.87. The van der Waals surface area contributed by atoms with E-state index in [1.54, 1.807) is 7.11 Å². The van der Waals surface area contributed by atoms with Crippen LogP contribution in [-0.2, 0) is 4.74 Å². The lowest BCUT2D eigenvalue weighted by Gasteiger charge is -2.30. The van der Waals surface area contributed by atoms with Crippen molar-refractivity contribution < 1.29 is 4.74 Å². The van der Waals surface area contributed by atoms with Gasteiger partial charge in [0.1, 0.15) is 0 Å². The van der Waals surface area contributed by atoms with E-state index in [1.807, 2.05) is 0 Å². The van der Waals surface area contributed by atoms with Gasteiger partial charge in [-0.1, -0.05) is 33.6 Å². The fraction of sp³-hybridized carbons (Fsp3) is 1.00. The Morgan fingerprint density at radius 2 is 1.70 bits per heavy atom. The van der Waals surface area contributed by atoms with Gasteiger partial charge < -0.3 is 10.5 Å². The SMILES string of the molecule is CCCC(CCN)CCCN(CCOC)C(CC)CC. The van der Waals surface area contributed by atoms with Crippen LogP contribution in [0.25, 0.3) is 0 Å². The van der Waals surface area contributed by atoms with Crippen LogP contribution in [0.5, 0.6) is 0 Å². The molecule has 20 heavy (non-hydrogen) atoms. The Balaban J connectivity index is 4.15. The fourth-order valence-electron chi connectivity index (χ4n) is 3.15. The molecule has 0 aliphatic rings. The second kappa shape index (κ2) is 13.8. The van der Waals surface area contributed by atoms with E-state index in [-0.39, 0.29) is 0 Å². The van der Waals surface area contributed by atoms with Gasteiger partial charge in [-0.25, -0.2) is 0 Å². The quantitative estimate of drug-likeness (QED) is 0.529. The van der Waals surface area contributed by atoms with Gasteiger partial charge in [0.25, 0.3) is 0 Å². The predicted octanol–water partition coefficient (Wildman–Crippen LogP) is 3.67. The van der Waals surface area contributed by atoms with Gasteiger partial charge in [-0.15, -0.1) is 0 Å². The maximum absolute atomic E-state index is 5.72. The number of nitrogens with zero attached hydrogens (tertiary/aromatic N) is 1. The molecular weight excluding hydrogens is 248 g/mol. The summed E-state index contributed by atoms with van der Waals surface area (Å²) >= 11 is 0. The van der Waals surface area contributed by atoms with Crippen LogP contribution in [0.15, 0.2) is 0 Å². The summed E-state index contributed by atoms with van der Waals surface area (Å²) in [4.78, 5) is 2.62. The lowest BCUT2D eigenvalue weighted by atomic mass is 9.94. The van der Waals surface area contributed by atoms with Gasteiger partial charge in [0, 0.05) is 19.7 Å². The molecule has 0 aromatic carbocycles. The average Bonchev–Trinajstić information content (AvgIpc) is 2.45. The van der Waals surface area contributed by atoms with E-state index in [1.165, 1.54) is 51.5 Å². The highest BCUT2D eigenvalue weighted by atomic mass is 16.5. The van der Waals surface area contributed by atoms with E-state index in [9.17, 15) is 0 Å². The van der Waals surface area contributed by atoms with Gasteiger partial charge in [-0.3, -0.25) is 4.90 Å². The van der Waals surface area contributed by atoms with E-state index in [0.29, 0.717) is 6.04 Å².